The van der Waals surface area contributed by atoms with Crippen molar-refractivity contribution < 1.29 is 153 Å². The molecule has 0 radical (unpaired) electrons. The number of methoxy groups -OCH3 is 1. The van der Waals surface area contributed by atoms with Crippen LogP contribution in [0.25, 0.3) is 6.08 Å². The van der Waals surface area contributed by atoms with E-state index < -0.39 is 236 Å². The second kappa shape index (κ2) is 29.4. The van der Waals surface area contributed by atoms with E-state index in [9.17, 15) is 91.3 Å². The molecule has 5 aliphatic heterocycles. The number of hydrogen-bond donors (Lipinski definition) is 16. The fourth-order valence-corrected chi connectivity index (χ4v) is 19.0. The quantitative estimate of drug-likeness (QED) is 0.0320. The van der Waals surface area contributed by atoms with E-state index in [4.69, 9.17) is 56.8 Å². The molecule has 5 saturated heterocycles. The van der Waals surface area contributed by atoms with Crippen LogP contribution >= 0.6 is 0 Å². The summed E-state index contributed by atoms with van der Waals surface area (Å²) >= 11 is 0. The monoisotopic (exact) mass is 1430 g/mol. The minimum atomic E-state index is -2.07. The van der Waals surface area contributed by atoms with Gasteiger partial charge in [0, 0.05) is 11.5 Å². The van der Waals surface area contributed by atoms with Gasteiger partial charge in [-0.25, -0.2) is 4.79 Å². The van der Waals surface area contributed by atoms with Gasteiger partial charge in [-0.1, -0.05) is 51.5 Å². The third-order valence-corrected chi connectivity index (χ3v) is 24.9. The molecule has 0 spiro atoms. The van der Waals surface area contributed by atoms with Gasteiger partial charge in [-0.05, 0) is 136 Å². The van der Waals surface area contributed by atoms with Crippen molar-refractivity contribution in [3.8, 4) is 5.75 Å². The molecule has 31 nitrogen and oxygen atoms in total. The van der Waals surface area contributed by atoms with Gasteiger partial charge in [-0.15, -0.1) is 0 Å². The Labute approximate surface area is 578 Å². The molecule has 10 aliphatic rings. The highest BCUT2D eigenvalue weighted by Gasteiger charge is 2.74. The predicted molar refractivity (Wildman–Crippen MR) is 337 cm³/mol. The zero-order valence-electron chi connectivity index (χ0n) is 57.3. The predicted octanol–water partition coefficient (Wildman–Crippen LogP) is -2.24. The molecule has 0 bridgehead atoms. The van der Waals surface area contributed by atoms with Crippen molar-refractivity contribution in [3.63, 3.8) is 0 Å². The number of carbonyl (C=O) groups excluding carboxylic acids is 2. The minimum absolute atomic E-state index is 0.00740. The highest BCUT2D eigenvalue weighted by Crippen LogP contribution is 2.76. The van der Waals surface area contributed by atoms with Gasteiger partial charge in [-0.3, -0.25) is 9.59 Å². The van der Waals surface area contributed by atoms with Crippen molar-refractivity contribution in [1.82, 2.24) is 0 Å². The lowest BCUT2D eigenvalue weighted by Gasteiger charge is -2.71. The van der Waals surface area contributed by atoms with Crippen LogP contribution < -0.4 is 4.74 Å². The molecular formula is C69H102O31. The van der Waals surface area contributed by atoms with Crippen LogP contribution in [0.3, 0.4) is 0 Å². The Morgan fingerprint density at radius 1 is 0.580 bits per heavy atom. The van der Waals surface area contributed by atoms with Crippen molar-refractivity contribution >= 4 is 24.0 Å². The maximum absolute atomic E-state index is 15.9. The molecule has 564 valence electrons. The first-order valence-corrected chi connectivity index (χ1v) is 34.6. The molecule has 4 saturated carbocycles. The second-order valence-corrected chi connectivity index (χ2v) is 31.0. The largest absolute Gasteiger partial charge is 0.497 e. The first-order valence-electron chi connectivity index (χ1n) is 34.6. The van der Waals surface area contributed by atoms with Crippen LogP contribution in [0.1, 0.15) is 112 Å². The van der Waals surface area contributed by atoms with Crippen molar-refractivity contribution in [2.45, 2.75) is 266 Å². The average molecular weight is 1430 g/mol. The van der Waals surface area contributed by atoms with Crippen molar-refractivity contribution in [2.24, 2.45) is 50.2 Å². The first kappa shape index (κ1) is 77.1. The number of carboxylic acid groups (broad SMARTS) is 1. The number of carboxylic acids is 1. The first-order chi connectivity index (χ1) is 47.1. The molecule has 0 amide bonds. The van der Waals surface area contributed by atoms with Gasteiger partial charge in [0.05, 0.1) is 62.7 Å². The Morgan fingerprint density at radius 3 is 1.76 bits per heavy atom. The normalized spacial score (nSPS) is 49.4. The maximum atomic E-state index is 15.9. The lowest BCUT2D eigenvalue weighted by molar-refractivity contribution is -0.378. The van der Waals surface area contributed by atoms with Crippen molar-refractivity contribution in [1.29, 1.82) is 0 Å². The number of benzene rings is 1. The fourth-order valence-electron chi connectivity index (χ4n) is 19.0. The van der Waals surface area contributed by atoms with E-state index in [0.717, 1.165) is 11.6 Å². The zero-order valence-corrected chi connectivity index (χ0v) is 57.3. The van der Waals surface area contributed by atoms with Gasteiger partial charge in [-0.2, -0.15) is 0 Å². The molecule has 1 aromatic carbocycles. The molecule has 11 rings (SSSR count). The number of aliphatic hydroxyl groups is 15. The van der Waals surface area contributed by atoms with Crippen LogP contribution in [0.2, 0.25) is 0 Å². The van der Waals surface area contributed by atoms with E-state index >= 15 is 4.79 Å². The van der Waals surface area contributed by atoms with Crippen LogP contribution in [0, 0.1) is 50.2 Å². The summed E-state index contributed by atoms with van der Waals surface area (Å²) in [7, 11) is 1.50. The summed E-state index contributed by atoms with van der Waals surface area (Å²) in [5, 5.41) is 177. The standard InChI is InChI=1S/C69H102O31/c1-29-53(97-57-48(81)44(77)38(27-90-57)95-59-49(82)45(78)42(75)36(25-70)93-59)47(80)51(84)58(91-29)98-55-52(85)54(96-41(74)16-11-31-9-12-32(89-8)13-10-31)30(2)92-61(55)100-63(88)68-20-19-64(3,4)23-34(68)33-14-15-39-65(5)24-35(73)56(99-60-50(83)46(79)43(76)37(26-71)94-60)67(7,62(86)87)40(65)17-18-66(39,6)69(33,28-72)22-21-68/h9-14,16,29-30,34-40,42-61,70-73,75-85H,15,17-28H2,1-8H3,(H,86,87)/b16-11-/t29-,30+,34-,35-,36+,37+,38+,39+,40?,42-,43+,44-,45-,46-,47-,48+,49+,50+,51+,52-,53-,54-,55+,56-,57-,58-,59-,60-,61-,65+,66+,67-,68-,69-/m0/s1. The van der Waals surface area contributed by atoms with E-state index in [1.807, 2.05) is 6.92 Å². The second-order valence-electron chi connectivity index (χ2n) is 31.0. The number of aliphatic hydroxyl groups excluding tert-OH is 15. The van der Waals surface area contributed by atoms with E-state index in [0.29, 0.717) is 37.0 Å². The van der Waals surface area contributed by atoms with Crippen LogP contribution in [0.15, 0.2) is 42.0 Å². The van der Waals surface area contributed by atoms with Gasteiger partial charge in [0.15, 0.2) is 37.4 Å². The smallest absolute Gasteiger partial charge is 0.331 e. The van der Waals surface area contributed by atoms with Gasteiger partial charge < -0.3 is 139 Å². The number of esters is 2. The molecule has 34 atom stereocenters. The van der Waals surface area contributed by atoms with Gasteiger partial charge in [0.25, 0.3) is 0 Å². The summed E-state index contributed by atoms with van der Waals surface area (Å²) in [5.41, 5.74) is -4.89. The average Bonchev–Trinajstić information content (AvgIpc) is 0.669. The molecule has 31 heteroatoms. The molecule has 9 fully saturated rings. The van der Waals surface area contributed by atoms with Crippen molar-refractivity contribution in [2.75, 3.05) is 33.5 Å². The third-order valence-electron chi connectivity index (χ3n) is 24.9. The summed E-state index contributed by atoms with van der Waals surface area (Å²) in [6.45, 7) is 10.1. The molecule has 5 heterocycles. The molecule has 100 heavy (non-hydrogen) atoms. The molecule has 0 aromatic heterocycles. The Kier molecular flexibility index (Phi) is 22.6. The van der Waals surface area contributed by atoms with Crippen molar-refractivity contribution in [3.05, 3.63) is 47.6 Å². The third kappa shape index (κ3) is 13.3. The number of hydrogen-bond acceptors (Lipinski definition) is 30. The summed E-state index contributed by atoms with van der Waals surface area (Å²) < 4.78 is 71.1. The minimum Gasteiger partial charge on any atom is -0.497 e. The van der Waals surface area contributed by atoms with E-state index in [-0.39, 0.29) is 50.0 Å². The number of carbonyl (C=O) groups is 3. The highest BCUT2D eigenvalue weighted by atomic mass is 16.8. The van der Waals surface area contributed by atoms with Gasteiger partial charge in [0.1, 0.15) is 103 Å². The van der Waals surface area contributed by atoms with Gasteiger partial charge >= 0.3 is 17.9 Å². The Bertz CT molecular complexity index is 3100. The van der Waals surface area contributed by atoms with E-state index in [1.165, 1.54) is 34.0 Å². The Balaban J connectivity index is 0.845. The van der Waals surface area contributed by atoms with Crippen LogP contribution in [-0.2, 0) is 66.5 Å². The van der Waals surface area contributed by atoms with Crippen LogP contribution in [-0.4, -0.2) is 293 Å². The van der Waals surface area contributed by atoms with Gasteiger partial charge in [0.2, 0.25) is 6.29 Å². The Morgan fingerprint density at radius 2 is 1.15 bits per heavy atom. The number of allylic oxidation sites excluding steroid dienone is 1. The molecular weight excluding hydrogens is 1320 g/mol. The van der Waals surface area contributed by atoms with Crippen LogP contribution in [0.5, 0.6) is 5.75 Å². The van der Waals surface area contributed by atoms with E-state index in [1.54, 1.807) is 24.3 Å². The van der Waals surface area contributed by atoms with Crippen LogP contribution in [0.4, 0.5) is 0 Å². The lowest BCUT2D eigenvalue weighted by atomic mass is 9.33. The SMILES string of the molecule is COc1ccc(/C=C\C(=O)O[C@@H]2[C@H](O)[C@@H](O[C@@H]3O[C@@H](C)[C@H](O[C@@H]4OC[C@@H](O[C@@H]5O[C@H](CO)[C@H](O)[C@H](O)[C@H]5O)[C@H](O)[C@H]4O)[C@@H](O)[C@H]3O)[C@H](OC(=O)[C@]34CCC(C)(C)C[C@H]3C3=CC[C@@H]5[C@@]6(C)C[C@H](O)[C@H](O[C@@H]7O[C@H](CO)[C@@H](O)[C@H](O)[C@H]7O)[C@@](C)(C(=O)O)C6CC[C@@]5(C)[C@]3(CO)CC4)O[C@@H]2C)cc1. The number of aliphatic carboxylic acids is 1. The molecule has 1 aromatic rings. The summed E-state index contributed by atoms with van der Waals surface area (Å²) in [4.78, 5) is 43.5. The number of ether oxygens (including phenoxy) is 12. The molecule has 1 unspecified atom stereocenters. The number of fused-ring (bicyclic) bond motifs is 7. The summed E-state index contributed by atoms with van der Waals surface area (Å²) in [5.74, 6) is -4.07. The summed E-state index contributed by atoms with van der Waals surface area (Å²) in [6.07, 6.45) is -36.7. The fraction of sp³-hybridized carbons (Fsp3) is 0.812. The zero-order chi connectivity index (χ0) is 72.8. The molecule has 5 aliphatic carbocycles. The maximum Gasteiger partial charge on any atom is 0.331 e. The topological polar surface area (TPSA) is 486 Å². The van der Waals surface area contributed by atoms with E-state index in [2.05, 4.69) is 26.8 Å². The molecule has 16 N–H and O–H groups in total. The number of rotatable bonds is 18. The summed E-state index contributed by atoms with van der Waals surface area (Å²) in [6, 6.07) is 6.74. The highest BCUT2D eigenvalue weighted by molar-refractivity contribution is 5.87. The Hall–Kier alpha value is -4.05. The lowest BCUT2D eigenvalue weighted by Crippen LogP contribution is -2.71.